The van der Waals surface area contributed by atoms with Crippen LogP contribution in [0.4, 0.5) is 9.59 Å². The molecule has 0 radical (unpaired) electrons. The predicted octanol–water partition coefficient (Wildman–Crippen LogP) is 0.0691. The van der Waals surface area contributed by atoms with E-state index in [-0.39, 0.29) is 0 Å². The van der Waals surface area contributed by atoms with Gasteiger partial charge in [-0.2, -0.15) is 5.10 Å². The Morgan fingerprint density at radius 3 is 2.69 bits per heavy atom. The molecule has 0 aliphatic carbocycles. The second-order valence-corrected chi connectivity index (χ2v) is 2.84. The van der Waals surface area contributed by atoms with Crippen LogP contribution in [-0.4, -0.2) is 48.8 Å². The molecule has 0 saturated carbocycles. The van der Waals surface area contributed by atoms with Crippen molar-refractivity contribution in [3.05, 3.63) is 0 Å². The third kappa shape index (κ3) is 2.43. The minimum atomic E-state index is -0.479. The van der Waals surface area contributed by atoms with Crippen LogP contribution in [0.15, 0.2) is 5.10 Å². The number of hydrogen-bond acceptors (Lipinski definition) is 3. The highest BCUT2D eigenvalue weighted by Crippen LogP contribution is 1.99. The predicted molar refractivity (Wildman–Crippen MR) is 47.4 cm³/mol. The summed E-state index contributed by atoms with van der Waals surface area (Å²) in [7, 11) is 3.13. The molecule has 0 unspecified atom stereocenters. The Balaban J connectivity index is 2.41. The van der Waals surface area contributed by atoms with E-state index in [0.717, 1.165) is 6.42 Å². The number of hydrazone groups is 1. The Hall–Kier alpha value is -1.59. The van der Waals surface area contributed by atoms with Gasteiger partial charge in [0.05, 0.1) is 6.54 Å². The molecule has 0 aromatic rings. The maximum atomic E-state index is 11.2. The molecule has 6 nitrogen and oxygen atoms in total. The summed E-state index contributed by atoms with van der Waals surface area (Å²) in [6, 6.07) is -0.917. The van der Waals surface area contributed by atoms with E-state index in [0.29, 0.717) is 6.54 Å². The van der Waals surface area contributed by atoms with E-state index in [1.54, 1.807) is 20.3 Å². The number of nitrogens with zero attached hydrogens (tertiary/aromatic N) is 3. The zero-order chi connectivity index (χ0) is 9.84. The zero-order valence-electron chi connectivity index (χ0n) is 7.65. The second-order valence-electron chi connectivity index (χ2n) is 2.84. The Morgan fingerprint density at radius 2 is 2.23 bits per heavy atom. The summed E-state index contributed by atoms with van der Waals surface area (Å²) < 4.78 is 0. The third-order valence-corrected chi connectivity index (χ3v) is 1.55. The monoisotopic (exact) mass is 184 g/mol. The molecule has 0 bridgehead atoms. The number of nitrogens with one attached hydrogen (secondary N) is 1. The lowest BCUT2D eigenvalue weighted by atomic mass is 10.5. The van der Waals surface area contributed by atoms with E-state index >= 15 is 0 Å². The standard InChI is InChI=1S/C7H12N4O2/c1-10(2)6(12)9-7(13)11-5-3-4-8-11/h4H,3,5H2,1-2H3,(H,9,12,13). The van der Waals surface area contributed by atoms with Crippen molar-refractivity contribution < 1.29 is 9.59 Å². The van der Waals surface area contributed by atoms with Gasteiger partial charge >= 0.3 is 12.1 Å². The second kappa shape index (κ2) is 3.88. The summed E-state index contributed by atoms with van der Waals surface area (Å²) in [6.45, 7) is 0.534. The lowest BCUT2D eigenvalue weighted by Gasteiger charge is -2.15. The van der Waals surface area contributed by atoms with Crippen LogP contribution in [0, 0.1) is 0 Å². The highest BCUT2D eigenvalue weighted by molar-refractivity contribution is 5.93. The molecular weight excluding hydrogens is 172 g/mol. The van der Waals surface area contributed by atoms with Crippen molar-refractivity contribution in [1.82, 2.24) is 15.2 Å². The average molecular weight is 184 g/mol. The maximum Gasteiger partial charge on any atom is 0.345 e. The SMILES string of the molecule is CN(C)C(=O)NC(=O)N1CCC=N1. The summed E-state index contributed by atoms with van der Waals surface area (Å²) >= 11 is 0. The van der Waals surface area contributed by atoms with Crippen LogP contribution in [0.2, 0.25) is 0 Å². The molecule has 0 fully saturated rings. The quantitative estimate of drug-likeness (QED) is 0.579. The molecule has 0 spiro atoms. The topological polar surface area (TPSA) is 65.0 Å². The highest BCUT2D eigenvalue weighted by atomic mass is 16.2. The van der Waals surface area contributed by atoms with Crippen molar-refractivity contribution in [2.24, 2.45) is 5.10 Å². The van der Waals surface area contributed by atoms with Gasteiger partial charge in [0, 0.05) is 26.7 Å². The molecule has 0 atom stereocenters. The van der Waals surface area contributed by atoms with Crippen molar-refractivity contribution in [1.29, 1.82) is 0 Å². The highest BCUT2D eigenvalue weighted by Gasteiger charge is 2.17. The van der Waals surface area contributed by atoms with E-state index in [2.05, 4.69) is 10.4 Å². The molecule has 1 aliphatic rings. The van der Waals surface area contributed by atoms with Crippen LogP contribution in [0.25, 0.3) is 0 Å². The molecule has 4 amide bonds. The van der Waals surface area contributed by atoms with Crippen LogP contribution in [0.1, 0.15) is 6.42 Å². The van der Waals surface area contributed by atoms with Gasteiger partial charge in [-0.3, -0.25) is 5.32 Å². The normalized spacial score (nSPS) is 14.5. The van der Waals surface area contributed by atoms with E-state index in [1.165, 1.54) is 9.91 Å². The number of amides is 4. The largest absolute Gasteiger partial charge is 0.345 e. The zero-order valence-corrected chi connectivity index (χ0v) is 7.65. The molecule has 0 aromatic carbocycles. The summed E-state index contributed by atoms with van der Waals surface area (Å²) in [5.41, 5.74) is 0. The molecule has 0 saturated heterocycles. The van der Waals surface area contributed by atoms with Gasteiger partial charge in [-0.1, -0.05) is 0 Å². The van der Waals surface area contributed by atoms with Crippen molar-refractivity contribution in [3.63, 3.8) is 0 Å². The average Bonchev–Trinajstić information content (AvgIpc) is 2.55. The molecule has 1 N–H and O–H groups in total. The molecule has 72 valence electrons. The molecule has 0 aromatic heterocycles. The fourth-order valence-corrected chi connectivity index (χ4v) is 0.816. The van der Waals surface area contributed by atoms with Crippen LogP contribution < -0.4 is 5.32 Å². The third-order valence-electron chi connectivity index (χ3n) is 1.55. The van der Waals surface area contributed by atoms with Crippen molar-refractivity contribution in [2.75, 3.05) is 20.6 Å². The first-order valence-electron chi connectivity index (χ1n) is 3.93. The molecular formula is C7H12N4O2. The van der Waals surface area contributed by atoms with Gasteiger partial charge in [-0.15, -0.1) is 0 Å². The smallest absolute Gasteiger partial charge is 0.331 e. The number of carbonyl (C=O) groups is 2. The van der Waals surface area contributed by atoms with E-state index in [4.69, 9.17) is 0 Å². The van der Waals surface area contributed by atoms with E-state index < -0.39 is 12.1 Å². The Bertz CT molecular complexity index is 249. The first-order valence-corrected chi connectivity index (χ1v) is 3.93. The van der Waals surface area contributed by atoms with Gasteiger partial charge in [0.25, 0.3) is 0 Å². The van der Waals surface area contributed by atoms with Gasteiger partial charge < -0.3 is 4.90 Å². The van der Waals surface area contributed by atoms with E-state index in [1.807, 2.05) is 0 Å². The van der Waals surface area contributed by atoms with E-state index in [9.17, 15) is 9.59 Å². The fraction of sp³-hybridized carbons (Fsp3) is 0.571. The fourth-order valence-electron chi connectivity index (χ4n) is 0.816. The lowest BCUT2D eigenvalue weighted by Crippen LogP contribution is -2.44. The number of imide groups is 1. The minimum absolute atomic E-state index is 0.438. The number of carbonyl (C=O) groups excluding carboxylic acids is 2. The van der Waals surface area contributed by atoms with Crippen molar-refractivity contribution in [2.45, 2.75) is 6.42 Å². The Kier molecular flexibility index (Phi) is 2.84. The first kappa shape index (κ1) is 9.50. The van der Waals surface area contributed by atoms with Crippen LogP contribution >= 0.6 is 0 Å². The minimum Gasteiger partial charge on any atom is -0.331 e. The summed E-state index contributed by atoms with van der Waals surface area (Å²) in [4.78, 5) is 23.5. The van der Waals surface area contributed by atoms with Gasteiger partial charge in [-0.05, 0) is 0 Å². The maximum absolute atomic E-state index is 11.2. The van der Waals surface area contributed by atoms with Gasteiger partial charge in [0.15, 0.2) is 0 Å². The summed E-state index contributed by atoms with van der Waals surface area (Å²) in [5, 5.41) is 7.18. The van der Waals surface area contributed by atoms with Gasteiger partial charge in [0.1, 0.15) is 0 Å². The summed E-state index contributed by atoms with van der Waals surface area (Å²) in [6.07, 6.45) is 2.38. The van der Waals surface area contributed by atoms with Crippen LogP contribution in [-0.2, 0) is 0 Å². The molecule has 13 heavy (non-hydrogen) atoms. The van der Waals surface area contributed by atoms with Crippen LogP contribution in [0.3, 0.4) is 0 Å². The van der Waals surface area contributed by atoms with Gasteiger partial charge in [-0.25, -0.2) is 14.6 Å². The molecule has 1 aliphatic heterocycles. The summed E-state index contributed by atoms with van der Waals surface area (Å²) in [5.74, 6) is 0. The molecule has 6 heteroatoms. The molecule has 1 rings (SSSR count). The Morgan fingerprint density at radius 1 is 1.54 bits per heavy atom. The number of urea groups is 2. The Labute approximate surface area is 76.2 Å². The number of hydrogen-bond donors (Lipinski definition) is 1. The first-order chi connectivity index (χ1) is 6.11. The molecule has 1 heterocycles. The van der Waals surface area contributed by atoms with Crippen molar-refractivity contribution >= 4 is 18.3 Å². The van der Waals surface area contributed by atoms with Gasteiger partial charge in [0.2, 0.25) is 0 Å². The lowest BCUT2D eigenvalue weighted by molar-refractivity contribution is 0.193. The van der Waals surface area contributed by atoms with Crippen LogP contribution in [0.5, 0.6) is 0 Å². The van der Waals surface area contributed by atoms with Crippen molar-refractivity contribution in [3.8, 4) is 0 Å². The number of rotatable bonds is 0.